The molecule has 0 aliphatic heterocycles. The molecular formula is C16H24N4. The van der Waals surface area contributed by atoms with E-state index in [4.69, 9.17) is 0 Å². The molecule has 20 heavy (non-hydrogen) atoms. The van der Waals surface area contributed by atoms with Crippen LogP contribution in [-0.2, 0) is 6.54 Å². The topological polar surface area (TPSA) is 42.2 Å². The summed E-state index contributed by atoms with van der Waals surface area (Å²) in [4.78, 5) is 4.46. The van der Waals surface area contributed by atoms with Crippen molar-refractivity contribution in [3.8, 4) is 0 Å². The first-order valence-electron chi connectivity index (χ1n) is 7.64. The van der Waals surface area contributed by atoms with Crippen LogP contribution < -0.4 is 5.32 Å². The van der Waals surface area contributed by atoms with Crippen molar-refractivity contribution in [2.45, 2.75) is 52.6 Å². The maximum atomic E-state index is 4.46. The van der Waals surface area contributed by atoms with E-state index in [0.29, 0.717) is 6.04 Å². The molecule has 4 heteroatoms. The van der Waals surface area contributed by atoms with E-state index in [2.05, 4.69) is 35.4 Å². The molecule has 0 radical (unpaired) electrons. The molecule has 3 rings (SSSR count). The summed E-state index contributed by atoms with van der Waals surface area (Å²) in [5, 5.41) is 8.11. The van der Waals surface area contributed by atoms with E-state index in [1.807, 2.05) is 23.7 Å². The summed E-state index contributed by atoms with van der Waals surface area (Å²) in [6.07, 6.45) is 8.00. The highest BCUT2D eigenvalue weighted by Gasteiger charge is 2.23. The molecule has 0 amide bonds. The van der Waals surface area contributed by atoms with Crippen molar-refractivity contribution in [3.63, 3.8) is 0 Å². The van der Waals surface area contributed by atoms with Gasteiger partial charge in [-0.1, -0.05) is 13.8 Å². The van der Waals surface area contributed by atoms with Gasteiger partial charge in [0.05, 0.1) is 5.69 Å². The number of fused-ring (bicyclic) bond motifs is 1. The van der Waals surface area contributed by atoms with Gasteiger partial charge in [0.1, 0.15) is 0 Å². The maximum Gasteiger partial charge on any atom is 0.155 e. The molecule has 1 aliphatic carbocycles. The number of aromatic nitrogens is 3. The third kappa shape index (κ3) is 3.01. The molecular weight excluding hydrogens is 248 g/mol. The van der Waals surface area contributed by atoms with Gasteiger partial charge in [-0.25, -0.2) is 9.50 Å². The Balaban J connectivity index is 1.64. The van der Waals surface area contributed by atoms with Gasteiger partial charge >= 0.3 is 0 Å². The molecule has 4 nitrogen and oxygen atoms in total. The zero-order valence-corrected chi connectivity index (χ0v) is 12.6. The summed E-state index contributed by atoms with van der Waals surface area (Å²) in [6, 6.07) is 2.64. The average Bonchev–Trinajstić information content (AvgIpc) is 2.74. The van der Waals surface area contributed by atoms with Crippen molar-refractivity contribution in [2.75, 3.05) is 0 Å². The molecule has 1 N–H and O–H groups in total. The predicted octanol–water partition coefficient (Wildman–Crippen LogP) is 2.95. The third-order valence-electron chi connectivity index (χ3n) is 4.26. The van der Waals surface area contributed by atoms with E-state index in [9.17, 15) is 0 Å². The number of rotatable bonds is 3. The Morgan fingerprint density at radius 3 is 2.75 bits per heavy atom. The van der Waals surface area contributed by atoms with E-state index < -0.39 is 0 Å². The molecule has 1 fully saturated rings. The van der Waals surface area contributed by atoms with Gasteiger partial charge in [0.25, 0.3) is 0 Å². The normalized spacial score (nSPS) is 27.1. The first kappa shape index (κ1) is 13.6. The van der Waals surface area contributed by atoms with Gasteiger partial charge in [-0.05, 0) is 38.0 Å². The van der Waals surface area contributed by atoms with Crippen LogP contribution in [0.2, 0.25) is 0 Å². The molecule has 2 heterocycles. The zero-order chi connectivity index (χ0) is 14.1. The molecule has 0 aromatic carbocycles. The summed E-state index contributed by atoms with van der Waals surface area (Å²) in [7, 11) is 0. The average molecular weight is 272 g/mol. The summed E-state index contributed by atoms with van der Waals surface area (Å²) >= 11 is 0. The quantitative estimate of drug-likeness (QED) is 0.934. The fraction of sp³-hybridized carbons (Fsp3) is 0.625. The molecule has 0 bridgehead atoms. The molecule has 2 aromatic rings. The van der Waals surface area contributed by atoms with Crippen LogP contribution in [0.25, 0.3) is 5.65 Å². The van der Waals surface area contributed by atoms with Crippen LogP contribution in [0.1, 0.15) is 44.4 Å². The maximum absolute atomic E-state index is 4.46. The summed E-state index contributed by atoms with van der Waals surface area (Å²) < 4.78 is 1.87. The summed E-state index contributed by atoms with van der Waals surface area (Å²) in [5.41, 5.74) is 3.13. The Labute approximate surface area is 120 Å². The third-order valence-corrected chi connectivity index (χ3v) is 4.26. The highest BCUT2D eigenvalue weighted by Crippen LogP contribution is 2.28. The lowest BCUT2D eigenvalue weighted by atomic mass is 9.80. The van der Waals surface area contributed by atoms with Gasteiger partial charge < -0.3 is 5.32 Å². The Morgan fingerprint density at radius 1 is 1.25 bits per heavy atom. The minimum Gasteiger partial charge on any atom is -0.310 e. The largest absolute Gasteiger partial charge is 0.310 e. The summed E-state index contributed by atoms with van der Waals surface area (Å²) in [6.45, 7) is 7.61. The lowest BCUT2D eigenvalue weighted by Gasteiger charge is -2.32. The fourth-order valence-corrected chi connectivity index (χ4v) is 3.50. The number of nitrogens with one attached hydrogen (secondary N) is 1. The van der Waals surface area contributed by atoms with Crippen LogP contribution in [-0.4, -0.2) is 20.6 Å². The smallest absolute Gasteiger partial charge is 0.155 e. The van der Waals surface area contributed by atoms with Crippen LogP contribution in [0.5, 0.6) is 0 Å². The van der Waals surface area contributed by atoms with Gasteiger partial charge in [-0.15, -0.1) is 0 Å². The fourth-order valence-electron chi connectivity index (χ4n) is 3.50. The van der Waals surface area contributed by atoms with Gasteiger partial charge in [-0.3, -0.25) is 0 Å². The predicted molar refractivity (Wildman–Crippen MR) is 80.5 cm³/mol. The highest BCUT2D eigenvalue weighted by atomic mass is 15.2. The Kier molecular flexibility index (Phi) is 3.74. The van der Waals surface area contributed by atoms with Crippen LogP contribution in [0, 0.1) is 18.8 Å². The minimum atomic E-state index is 0.642. The van der Waals surface area contributed by atoms with Crippen LogP contribution in [0.4, 0.5) is 0 Å². The van der Waals surface area contributed by atoms with E-state index in [-0.39, 0.29) is 0 Å². The van der Waals surface area contributed by atoms with Crippen molar-refractivity contribution in [3.05, 3.63) is 29.7 Å². The highest BCUT2D eigenvalue weighted by molar-refractivity contribution is 5.38. The zero-order valence-electron chi connectivity index (χ0n) is 12.6. The number of aryl methyl sites for hydroxylation is 1. The monoisotopic (exact) mass is 272 g/mol. The van der Waals surface area contributed by atoms with Gasteiger partial charge in [-0.2, -0.15) is 5.10 Å². The van der Waals surface area contributed by atoms with Crippen LogP contribution >= 0.6 is 0 Å². The first-order chi connectivity index (χ1) is 9.60. The van der Waals surface area contributed by atoms with E-state index >= 15 is 0 Å². The number of hydrogen-bond donors (Lipinski definition) is 1. The van der Waals surface area contributed by atoms with Gasteiger partial charge in [0.15, 0.2) is 5.65 Å². The van der Waals surface area contributed by atoms with Crippen LogP contribution in [0.3, 0.4) is 0 Å². The van der Waals surface area contributed by atoms with E-state index in [1.165, 1.54) is 24.8 Å². The first-order valence-corrected chi connectivity index (χ1v) is 7.64. The van der Waals surface area contributed by atoms with Crippen molar-refractivity contribution in [2.24, 2.45) is 11.8 Å². The molecule has 2 unspecified atom stereocenters. The Bertz CT molecular complexity index is 579. The Hall–Kier alpha value is -1.42. The van der Waals surface area contributed by atoms with Crippen molar-refractivity contribution in [1.82, 2.24) is 19.9 Å². The lowest BCUT2D eigenvalue weighted by molar-refractivity contribution is 0.238. The molecule has 0 saturated heterocycles. The van der Waals surface area contributed by atoms with Crippen molar-refractivity contribution >= 4 is 5.65 Å². The second kappa shape index (κ2) is 5.52. The van der Waals surface area contributed by atoms with E-state index in [1.54, 1.807) is 0 Å². The second-order valence-corrected chi connectivity index (χ2v) is 6.55. The summed E-state index contributed by atoms with van der Waals surface area (Å²) in [5.74, 6) is 1.68. The van der Waals surface area contributed by atoms with E-state index in [0.717, 1.165) is 29.7 Å². The molecule has 2 aromatic heterocycles. The van der Waals surface area contributed by atoms with Gasteiger partial charge in [0.2, 0.25) is 0 Å². The van der Waals surface area contributed by atoms with Crippen LogP contribution in [0.15, 0.2) is 18.5 Å². The Morgan fingerprint density at radius 2 is 2.00 bits per heavy atom. The molecule has 1 aliphatic rings. The van der Waals surface area contributed by atoms with Crippen molar-refractivity contribution < 1.29 is 0 Å². The molecule has 0 spiro atoms. The molecule has 2 atom stereocenters. The standard InChI is InChI=1S/C16H24N4/c1-11-4-12(2)6-15(5-11)17-8-14-9-18-16-7-13(3)19-20(16)10-14/h7,9-12,15,17H,4-6,8H2,1-3H3. The number of hydrogen-bond acceptors (Lipinski definition) is 3. The molecule has 108 valence electrons. The minimum absolute atomic E-state index is 0.642. The number of nitrogens with zero attached hydrogens (tertiary/aromatic N) is 3. The lowest BCUT2D eigenvalue weighted by Crippen LogP contribution is -2.35. The SMILES string of the molecule is Cc1cc2ncc(CNC3CC(C)CC(C)C3)cn2n1. The van der Waals surface area contributed by atoms with Gasteiger partial charge in [0, 0.05) is 36.6 Å². The second-order valence-electron chi connectivity index (χ2n) is 6.55. The molecule has 1 saturated carbocycles. The van der Waals surface area contributed by atoms with Crippen molar-refractivity contribution in [1.29, 1.82) is 0 Å².